The van der Waals surface area contributed by atoms with Crippen LogP contribution in [0.15, 0.2) is 18.2 Å². The van der Waals surface area contributed by atoms with Crippen molar-refractivity contribution in [3.05, 3.63) is 34.9 Å². The number of hydrogen-bond donors (Lipinski definition) is 2. The Labute approximate surface area is 218 Å². The molecule has 2 N–H and O–H groups in total. The van der Waals surface area contributed by atoms with Crippen molar-refractivity contribution in [2.24, 2.45) is 5.92 Å². The summed E-state index contributed by atoms with van der Waals surface area (Å²) in [5.74, 6) is -0.374. The van der Waals surface area contributed by atoms with E-state index in [2.05, 4.69) is 17.6 Å². The van der Waals surface area contributed by atoms with E-state index >= 15 is 0 Å². The predicted molar refractivity (Wildman–Crippen MR) is 146 cm³/mol. The third-order valence-electron chi connectivity index (χ3n) is 6.08. The maximum Gasteiger partial charge on any atom is 0.408 e. The lowest BCUT2D eigenvalue weighted by molar-refractivity contribution is -0.145. The normalized spacial score (nSPS) is 14.2. The summed E-state index contributed by atoms with van der Waals surface area (Å²) in [7, 11) is 0. The van der Waals surface area contributed by atoms with Crippen molar-refractivity contribution in [3.8, 4) is 0 Å². The summed E-state index contributed by atoms with van der Waals surface area (Å²) < 4.78 is 5.45. The van der Waals surface area contributed by atoms with Gasteiger partial charge in [0.2, 0.25) is 11.8 Å². The molecule has 0 aliphatic carbocycles. The SMILES string of the molecule is CCCC(C)NC(=O)C(c1cccc(C)c1C)N(C(=O)C(CC(C)C)NC(=O)OC(C)(C)C)C(C)C. The summed E-state index contributed by atoms with van der Waals surface area (Å²) >= 11 is 0. The van der Waals surface area contributed by atoms with Gasteiger partial charge in [0, 0.05) is 12.1 Å². The van der Waals surface area contributed by atoms with E-state index in [0.29, 0.717) is 6.42 Å². The summed E-state index contributed by atoms with van der Waals surface area (Å²) in [4.78, 5) is 42.2. The molecular weight excluding hydrogens is 454 g/mol. The minimum absolute atomic E-state index is 0.0226. The molecule has 1 rings (SSSR count). The lowest BCUT2D eigenvalue weighted by atomic mass is 9.93. The minimum Gasteiger partial charge on any atom is -0.444 e. The summed E-state index contributed by atoms with van der Waals surface area (Å²) in [5.41, 5.74) is 2.12. The molecular formula is C29H49N3O4. The highest BCUT2D eigenvalue weighted by Crippen LogP contribution is 2.30. The van der Waals surface area contributed by atoms with Crippen LogP contribution in [-0.4, -0.2) is 46.5 Å². The number of carbonyl (C=O) groups excluding carboxylic acids is 3. The van der Waals surface area contributed by atoms with Gasteiger partial charge in [0.15, 0.2) is 0 Å². The molecule has 3 unspecified atom stereocenters. The van der Waals surface area contributed by atoms with Crippen LogP contribution in [0.5, 0.6) is 0 Å². The van der Waals surface area contributed by atoms with Crippen LogP contribution in [-0.2, 0) is 14.3 Å². The summed E-state index contributed by atoms with van der Waals surface area (Å²) in [6.45, 7) is 21.2. The topological polar surface area (TPSA) is 87.7 Å². The average Bonchev–Trinajstić information content (AvgIpc) is 2.71. The van der Waals surface area contributed by atoms with E-state index in [4.69, 9.17) is 4.74 Å². The fourth-order valence-corrected chi connectivity index (χ4v) is 4.32. The van der Waals surface area contributed by atoms with Crippen LogP contribution in [0, 0.1) is 19.8 Å². The number of benzene rings is 1. The summed E-state index contributed by atoms with van der Waals surface area (Å²) in [6.07, 6.45) is 1.57. The molecule has 1 aromatic rings. The van der Waals surface area contributed by atoms with Crippen LogP contribution in [0.2, 0.25) is 0 Å². The third kappa shape index (κ3) is 9.47. The molecule has 0 fully saturated rings. The molecule has 0 aliphatic rings. The molecule has 0 spiro atoms. The predicted octanol–water partition coefficient (Wildman–Crippen LogP) is 5.83. The minimum atomic E-state index is -0.827. The van der Waals surface area contributed by atoms with Crippen molar-refractivity contribution in [2.45, 2.75) is 125 Å². The monoisotopic (exact) mass is 503 g/mol. The van der Waals surface area contributed by atoms with Crippen LogP contribution in [0.25, 0.3) is 0 Å². The molecule has 0 radical (unpaired) electrons. The third-order valence-corrected chi connectivity index (χ3v) is 6.08. The number of carbonyl (C=O) groups is 3. The van der Waals surface area contributed by atoms with Gasteiger partial charge < -0.3 is 20.3 Å². The van der Waals surface area contributed by atoms with Crippen molar-refractivity contribution in [2.75, 3.05) is 0 Å². The Hall–Kier alpha value is -2.57. The van der Waals surface area contributed by atoms with Crippen LogP contribution < -0.4 is 10.6 Å². The second-order valence-corrected chi connectivity index (χ2v) is 11.6. The average molecular weight is 504 g/mol. The molecule has 0 saturated carbocycles. The van der Waals surface area contributed by atoms with Gasteiger partial charge in [-0.05, 0) is 90.8 Å². The molecule has 3 atom stereocenters. The van der Waals surface area contributed by atoms with Gasteiger partial charge in [0.05, 0.1) is 0 Å². The Morgan fingerprint density at radius 1 is 1.00 bits per heavy atom. The van der Waals surface area contributed by atoms with Crippen LogP contribution in [0.4, 0.5) is 4.79 Å². The van der Waals surface area contributed by atoms with E-state index < -0.39 is 23.8 Å². The van der Waals surface area contributed by atoms with E-state index in [1.807, 2.05) is 66.7 Å². The molecule has 0 aliphatic heterocycles. The number of rotatable bonds is 11. The second-order valence-electron chi connectivity index (χ2n) is 11.6. The van der Waals surface area contributed by atoms with Gasteiger partial charge in [-0.3, -0.25) is 9.59 Å². The molecule has 36 heavy (non-hydrogen) atoms. The highest BCUT2D eigenvalue weighted by Gasteiger charge is 2.39. The van der Waals surface area contributed by atoms with Crippen LogP contribution in [0.3, 0.4) is 0 Å². The van der Waals surface area contributed by atoms with E-state index in [1.165, 1.54) is 0 Å². The zero-order valence-corrected chi connectivity index (χ0v) is 24.3. The van der Waals surface area contributed by atoms with E-state index in [0.717, 1.165) is 29.5 Å². The van der Waals surface area contributed by atoms with Crippen molar-refractivity contribution >= 4 is 17.9 Å². The summed E-state index contributed by atoms with van der Waals surface area (Å²) in [6, 6.07) is 3.87. The zero-order valence-electron chi connectivity index (χ0n) is 24.3. The Bertz CT molecular complexity index is 889. The molecule has 1 aromatic carbocycles. The Kier molecular flexibility index (Phi) is 11.9. The molecule has 7 heteroatoms. The van der Waals surface area contributed by atoms with Gasteiger partial charge in [-0.15, -0.1) is 0 Å². The van der Waals surface area contributed by atoms with Gasteiger partial charge in [-0.2, -0.15) is 0 Å². The molecule has 0 aromatic heterocycles. The van der Waals surface area contributed by atoms with E-state index in [1.54, 1.807) is 25.7 Å². The number of ether oxygens (including phenoxy) is 1. The first kappa shape index (κ1) is 31.5. The smallest absolute Gasteiger partial charge is 0.408 e. The highest BCUT2D eigenvalue weighted by atomic mass is 16.6. The van der Waals surface area contributed by atoms with E-state index in [-0.39, 0.29) is 29.8 Å². The largest absolute Gasteiger partial charge is 0.444 e. The number of aryl methyl sites for hydroxylation is 1. The first-order valence-corrected chi connectivity index (χ1v) is 13.3. The molecule has 0 saturated heterocycles. The maximum absolute atomic E-state index is 14.1. The Balaban J connectivity index is 3.55. The van der Waals surface area contributed by atoms with Crippen molar-refractivity contribution < 1.29 is 19.1 Å². The van der Waals surface area contributed by atoms with Gasteiger partial charge in [-0.25, -0.2) is 4.79 Å². The van der Waals surface area contributed by atoms with Gasteiger partial charge in [0.25, 0.3) is 0 Å². The van der Waals surface area contributed by atoms with Gasteiger partial charge >= 0.3 is 6.09 Å². The molecule has 7 nitrogen and oxygen atoms in total. The molecule has 0 heterocycles. The highest BCUT2D eigenvalue weighted by molar-refractivity contribution is 5.92. The molecule has 3 amide bonds. The fourth-order valence-electron chi connectivity index (χ4n) is 4.32. The van der Waals surface area contributed by atoms with Crippen molar-refractivity contribution in [1.82, 2.24) is 15.5 Å². The lowest BCUT2D eigenvalue weighted by Gasteiger charge is -2.38. The fraction of sp³-hybridized carbons (Fsp3) is 0.690. The maximum atomic E-state index is 14.1. The Morgan fingerprint density at radius 2 is 1.61 bits per heavy atom. The quantitative estimate of drug-likeness (QED) is 0.398. The number of nitrogens with one attached hydrogen (secondary N) is 2. The second kappa shape index (κ2) is 13.7. The first-order valence-electron chi connectivity index (χ1n) is 13.3. The van der Waals surface area contributed by atoms with Crippen molar-refractivity contribution in [3.63, 3.8) is 0 Å². The zero-order chi connectivity index (χ0) is 27.8. The van der Waals surface area contributed by atoms with Crippen LogP contribution >= 0.6 is 0 Å². The van der Waals surface area contributed by atoms with Gasteiger partial charge in [0.1, 0.15) is 17.7 Å². The lowest BCUT2D eigenvalue weighted by Crippen LogP contribution is -2.56. The van der Waals surface area contributed by atoms with E-state index in [9.17, 15) is 14.4 Å². The first-order chi connectivity index (χ1) is 16.6. The summed E-state index contributed by atoms with van der Waals surface area (Å²) in [5, 5.41) is 5.91. The molecule has 204 valence electrons. The Morgan fingerprint density at radius 3 is 2.11 bits per heavy atom. The van der Waals surface area contributed by atoms with Crippen molar-refractivity contribution in [1.29, 1.82) is 0 Å². The number of hydrogen-bond acceptors (Lipinski definition) is 4. The standard InChI is InChI=1S/C29H49N3O4/c1-12-14-21(7)30-26(33)25(23-16-13-15-20(6)22(23)8)32(19(4)5)27(34)24(17-18(2)3)31-28(35)36-29(9,10)11/h13,15-16,18-19,21,24-25H,12,14,17H2,1-11H3,(H,30,33)(H,31,35). The van der Waals surface area contributed by atoms with Gasteiger partial charge in [-0.1, -0.05) is 45.4 Å². The number of nitrogens with zero attached hydrogens (tertiary/aromatic N) is 1. The number of alkyl carbamates (subject to hydrolysis) is 1. The number of amides is 3. The molecule has 0 bridgehead atoms. The van der Waals surface area contributed by atoms with Crippen LogP contribution in [0.1, 0.15) is 104 Å².